The first-order valence-corrected chi connectivity index (χ1v) is 7.29. The van der Waals surface area contributed by atoms with Crippen molar-refractivity contribution in [3.05, 3.63) is 35.9 Å². The second kappa shape index (κ2) is 6.21. The Morgan fingerprint density at radius 2 is 1.95 bits per heavy atom. The van der Waals surface area contributed by atoms with Crippen LogP contribution in [0, 0.1) is 22.7 Å². The highest BCUT2D eigenvalue weighted by Crippen LogP contribution is 2.42. The molecule has 1 atom stereocenters. The summed E-state index contributed by atoms with van der Waals surface area (Å²) in [4.78, 5) is 0. The summed E-state index contributed by atoms with van der Waals surface area (Å²) in [5, 5.41) is 19.9. The molecule has 1 saturated carbocycles. The average molecular weight is 257 g/mol. The van der Waals surface area contributed by atoms with Crippen LogP contribution in [0.3, 0.4) is 0 Å². The Hall–Kier alpha value is -1.33. The van der Waals surface area contributed by atoms with Crippen LogP contribution < -0.4 is 0 Å². The number of nitrogens with zero attached hydrogens (tertiary/aromatic N) is 1. The smallest absolute Gasteiger partial charge is 0.0832 e. The van der Waals surface area contributed by atoms with E-state index in [-0.39, 0.29) is 0 Å². The molecule has 19 heavy (non-hydrogen) atoms. The molecular weight excluding hydrogens is 234 g/mol. The van der Waals surface area contributed by atoms with Crippen molar-refractivity contribution >= 4 is 0 Å². The van der Waals surface area contributed by atoms with E-state index in [1.807, 2.05) is 18.2 Å². The topological polar surface area (TPSA) is 44.0 Å². The Morgan fingerprint density at radius 1 is 1.32 bits per heavy atom. The van der Waals surface area contributed by atoms with Gasteiger partial charge in [-0.2, -0.15) is 5.26 Å². The highest BCUT2D eigenvalue weighted by molar-refractivity contribution is 5.15. The number of aryl methyl sites for hydroxylation is 1. The largest absolute Gasteiger partial charge is 0.391 e. The van der Waals surface area contributed by atoms with Gasteiger partial charge in [-0.15, -0.1) is 0 Å². The van der Waals surface area contributed by atoms with Crippen LogP contribution in [-0.4, -0.2) is 11.2 Å². The molecule has 0 amide bonds. The van der Waals surface area contributed by atoms with Crippen LogP contribution in [0.25, 0.3) is 0 Å². The van der Waals surface area contributed by atoms with Crippen molar-refractivity contribution in [3.8, 4) is 6.07 Å². The van der Waals surface area contributed by atoms with E-state index in [2.05, 4.69) is 25.1 Å². The number of hydrogen-bond acceptors (Lipinski definition) is 2. The van der Waals surface area contributed by atoms with Gasteiger partial charge in [0.1, 0.15) is 0 Å². The molecule has 0 aliphatic heterocycles. The van der Waals surface area contributed by atoms with Crippen LogP contribution >= 0.6 is 0 Å². The number of benzene rings is 1. The number of hydrogen-bond donors (Lipinski definition) is 1. The molecule has 1 aromatic carbocycles. The van der Waals surface area contributed by atoms with Gasteiger partial charge in [-0.25, -0.2) is 0 Å². The first kappa shape index (κ1) is 14.1. The molecule has 1 N–H and O–H groups in total. The molecule has 1 fully saturated rings. The maximum atomic E-state index is 10.4. The molecule has 0 aromatic heterocycles. The van der Waals surface area contributed by atoms with Crippen molar-refractivity contribution in [2.75, 3.05) is 0 Å². The summed E-state index contributed by atoms with van der Waals surface area (Å²) in [6, 6.07) is 12.6. The van der Waals surface area contributed by atoms with Crippen molar-refractivity contribution in [3.63, 3.8) is 0 Å². The van der Waals surface area contributed by atoms with E-state index in [1.165, 1.54) is 5.56 Å². The Bertz CT molecular complexity index is 426. The fourth-order valence-corrected chi connectivity index (χ4v) is 3.02. The predicted octanol–water partition coefficient (Wildman–Crippen LogP) is 3.70. The zero-order valence-electron chi connectivity index (χ0n) is 11.7. The van der Waals surface area contributed by atoms with E-state index in [0.717, 1.165) is 32.1 Å². The third-order valence-corrected chi connectivity index (χ3v) is 4.58. The lowest BCUT2D eigenvalue weighted by Gasteiger charge is -2.37. The maximum Gasteiger partial charge on any atom is 0.0832 e. The van der Waals surface area contributed by atoms with Gasteiger partial charge in [-0.05, 0) is 50.0 Å². The molecule has 2 rings (SSSR count). The first-order chi connectivity index (χ1) is 9.16. The van der Waals surface area contributed by atoms with Gasteiger partial charge in [0, 0.05) is 0 Å². The Labute approximate surface area is 116 Å². The van der Waals surface area contributed by atoms with E-state index in [0.29, 0.717) is 12.3 Å². The second-order valence-electron chi connectivity index (χ2n) is 5.99. The van der Waals surface area contributed by atoms with Crippen molar-refractivity contribution in [1.29, 1.82) is 5.26 Å². The molecule has 0 saturated heterocycles. The van der Waals surface area contributed by atoms with E-state index < -0.39 is 11.5 Å². The standard InChI is InChI=1S/C17H23NO/c1-14-9-11-17(13-18,12-10-14)16(19)8-7-15-5-3-2-4-6-15/h2-6,14,16,19H,7-12H2,1H3. The molecule has 1 unspecified atom stereocenters. The Morgan fingerprint density at radius 3 is 2.53 bits per heavy atom. The lowest BCUT2D eigenvalue weighted by atomic mass is 9.67. The van der Waals surface area contributed by atoms with Gasteiger partial charge in [0.2, 0.25) is 0 Å². The van der Waals surface area contributed by atoms with Gasteiger partial charge < -0.3 is 5.11 Å². The van der Waals surface area contributed by atoms with Crippen LogP contribution in [0.5, 0.6) is 0 Å². The van der Waals surface area contributed by atoms with Crippen LogP contribution in [0.2, 0.25) is 0 Å². The van der Waals surface area contributed by atoms with Crippen LogP contribution in [0.1, 0.15) is 44.6 Å². The third kappa shape index (κ3) is 3.36. The molecule has 0 radical (unpaired) electrons. The number of nitriles is 1. The molecule has 2 nitrogen and oxygen atoms in total. The lowest BCUT2D eigenvalue weighted by Crippen LogP contribution is -2.37. The van der Waals surface area contributed by atoms with Crippen LogP contribution in [0.4, 0.5) is 0 Å². The van der Waals surface area contributed by atoms with Gasteiger partial charge in [0.05, 0.1) is 17.6 Å². The fraction of sp³-hybridized carbons (Fsp3) is 0.588. The second-order valence-corrected chi connectivity index (χ2v) is 5.99. The predicted molar refractivity (Wildman–Crippen MR) is 76.4 cm³/mol. The van der Waals surface area contributed by atoms with E-state index in [4.69, 9.17) is 0 Å². The van der Waals surface area contributed by atoms with Gasteiger partial charge >= 0.3 is 0 Å². The van der Waals surface area contributed by atoms with Crippen molar-refractivity contribution in [2.45, 2.75) is 51.6 Å². The molecule has 2 heteroatoms. The summed E-state index contributed by atoms with van der Waals surface area (Å²) >= 11 is 0. The monoisotopic (exact) mass is 257 g/mol. The maximum absolute atomic E-state index is 10.4. The third-order valence-electron chi connectivity index (χ3n) is 4.58. The summed E-state index contributed by atoms with van der Waals surface area (Å²) in [7, 11) is 0. The molecule has 0 bridgehead atoms. The molecule has 1 aromatic rings. The zero-order valence-corrected chi connectivity index (χ0v) is 11.7. The Kier molecular flexibility index (Phi) is 4.61. The molecule has 1 aliphatic carbocycles. The number of rotatable bonds is 4. The summed E-state index contributed by atoms with van der Waals surface area (Å²) in [5.41, 5.74) is 0.736. The Balaban J connectivity index is 1.94. The van der Waals surface area contributed by atoms with E-state index in [9.17, 15) is 10.4 Å². The SMILES string of the molecule is CC1CCC(C#N)(C(O)CCc2ccccc2)CC1. The van der Waals surface area contributed by atoms with Crippen LogP contribution in [0.15, 0.2) is 30.3 Å². The van der Waals surface area contributed by atoms with Crippen molar-refractivity contribution in [2.24, 2.45) is 11.3 Å². The lowest BCUT2D eigenvalue weighted by molar-refractivity contribution is 0.0224. The van der Waals surface area contributed by atoms with Gasteiger partial charge in [0.25, 0.3) is 0 Å². The molecule has 1 aliphatic rings. The minimum Gasteiger partial charge on any atom is -0.391 e. The quantitative estimate of drug-likeness (QED) is 0.893. The minimum absolute atomic E-state index is 0.495. The molecule has 0 spiro atoms. The van der Waals surface area contributed by atoms with Crippen LogP contribution in [-0.2, 0) is 6.42 Å². The fourth-order valence-electron chi connectivity index (χ4n) is 3.02. The molecular formula is C17H23NO. The normalized spacial score (nSPS) is 28.6. The summed E-state index contributed by atoms with van der Waals surface area (Å²) in [6.45, 7) is 2.23. The summed E-state index contributed by atoms with van der Waals surface area (Å²) < 4.78 is 0. The first-order valence-electron chi connectivity index (χ1n) is 7.29. The van der Waals surface area contributed by atoms with Gasteiger partial charge in [0.15, 0.2) is 0 Å². The highest BCUT2D eigenvalue weighted by atomic mass is 16.3. The average Bonchev–Trinajstić information content (AvgIpc) is 2.47. The van der Waals surface area contributed by atoms with Crippen molar-refractivity contribution < 1.29 is 5.11 Å². The summed E-state index contributed by atoms with van der Waals surface area (Å²) in [5.74, 6) is 0.697. The number of aliphatic hydroxyl groups is 1. The molecule has 0 heterocycles. The van der Waals surface area contributed by atoms with Crippen molar-refractivity contribution in [1.82, 2.24) is 0 Å². The van der Waals surface area contributed by atoms with E-state index >= 15 is 0 Å². The highest BCUT2D eigenvalue weighted by Gasteiger charge is 2.40. The van der Waals surface area contributed by atoms with E-state index in [1.54, 1.807) is 0 Å². The van der Waals surface area contributed by atoms with Gasteiger partial charge in [-0.3, -0.25) is 0 Å². The van der Waals surface area contributed by atoms with Gasteiger partial charge in [-0.1, -0.05) is 37.3 Å². The minimum atomic E-state index is -0.499. The zero-order chi connectivity index (χ0) is 13.7. The summed E-state index contributed by atoms with van der Waals surface area (Å²) in [6.07, 6.45) is 4.87. The molecule has 102 valence electrons. The number of aliphatic hydroxyl groups excluding tert-OH is 1.